The highest BCUT2D eigenvalue weighted by molar-refractivity contribution is 9.09. The second kappa shape index (κ2) is 7.87. The number of esters is 1. The number of hydrogen-bond acceptors (Lipinski definition) is 3. The van der Waals surface area contributed by atoms with Crippen molar-refractivity contribution in [2.75, 3.05) is 11.9 Å². The summed E-state index contributed by atoms with van der Waals surface area (Å²) < 4.78 is 5.03. The van der Waals surface area contributed by atoms with Crippen LogP contribution in [0.4, 0.5) is 0 Å². The molecule has 1 aromatic rings. The zero-order valence-corrected chi connectivity index (χ0v) is 11.5. The van der Waals surface area contributed by atoms with E-state index in [1.165, 1.54) is 6.07 Å². The first kappa shape index (κ1) is 14.7. The number of carbonyl (C=O) groups excluding carboxylic acids is 1. The minimum atomic E-state index is -1.03. The summed E-state index contributed by atoms with van der Waals surface area (Å²) in [5.74, 6) is -1.42. The van der Waals surface area contributed by atoms with Crippen LogP contribution in [0, 0.1) is 0 Å². The summed E-state index contributed by atoms with van der Waals surface area (Å²) in [7, 11) is 0. The molecule has 0 atom stereocenters. The van der Waals surface area contributed by atoms with Crippen LogP contribution < -0.4 is 0 Å². The van der Waals surface area contributed by atoms with Gasteiger partial charge >= 0.3 is 11.9 Å². The summed E-state index contributed by atoms with van der Waals surface area (Å²) in [6, 6.07) is 6.45. The number of benzene rings is 1. The molecule has 0 saturated carbocycles. The number of alkyl halides is 1. The van der Waals surface area contributed by atoms with Crippen molar-refractivity contribution >= 4 is 27.9 Å². The molecule has 0 aliphatic heterocycles. The van der Waals surface area contributed by atoms with Crippen molar-refractivity contribution in [2.45, 2.75) is 19.3 Å². The average molecular weight is 315 g/mol. The molecule has 0 fully saturated rings. The van der Waals surface area contributed by atoms with Crippen LogP contribution in [-0.4, -0.2) is 29.0 Å². The number of carbonyl (C=O) groups is 2. The normalized spacial score (nSPS) is 10.1. The summed E-state index contributed by atoms with van der Waals surface area (Å²) in [4.78, 5) is 22.5. The minimum absolute atomic E-state index is 0.00319. The molecule has 0 aromatic heterocycles. The molecule has 0 saturated heterocycles. The van der Waals surface area contributed by atoms with Gasteiger partial charge in [-0.25, -0.2) is 4.79 Å². The third-order valence-electron chi connectivity index (χ3n) is 2.37. The van der Waals surface area contributed by atoms with Crippen molar-refractivity contribution < 1.29 is 19.4 Å². The number of carboxylic acids is 1. The van der Waals surface area contributed by atoms with Crippen LogP contribution in [-0.2, 0) is 16.0 Å². The van der Waals surface area contributed by atoms with E-state index < -0.39 is 11.9 Å². The quantitative estimate of drug-likeness (QED) is 0.477. The van der Waals surface area contributed by atoms with Gasteiger partial charge in [-0.15, -0.1) is 0 Å². The van der Waals surface area contributed by atoms with Crippen molar-refractivity contribution in [3.8, 4) is 0 Å². The summed E-state index contributed by atoms with van der Waals surface area (Å²) in [5.41, 5.74) is 0.630. The molecule has 98 valence electrons. The van der Waals surface area contributed by atoms with Crippen LogP contribution in [0.3, 0.4) is 0 Å². The largest absolute Gasteiger partial charge is 0.478 e. The van der Waals surface area contributed by atoms with Gasteiger partial charge in [0.1, 0.15) is 0 Å². The predicted molar refractivity (Wildman–Crippen MR) is 71.1 cm³/mol. The highest BCUT2D eigenvalue weighted by Crippen LogP contribution is 2.10. The van der Waals surface area contributed by atoms with E-state index >= 15 is 0 Å². The van der Waals surface area contributed by atoms with Gasteiger partial charge in [-0.3, -0.25) is 4.79 Å². The molecule has 0 unspecified atom stereocenters. The van der Waals surface area contributed by atoms with Gasteiger partial charge in [0.25, 0.3) is 0 Å². The smallest absolute Gasteiger partial charge is 0.335 e. The second-order valence-electron chi connectivity index (χ2n) is 3.76. The first-order valence-electron chi connectivity index (χ1n) is 5.68. The second-order valence-corrected chi connectivity index (χ2v) is 4.55. The van der Waals surface area contributed by atoms with Gasteiger partial charge in [0.15, 0.2) is 0 Å². The van der Waals surface area contributed by atoms with Crippen LogP contribution in [0.5, 0.6) is 0 Å². The molecule has 18 heavy (non-hydrogen) atoms. The number of rotatable bonds is 7. The van der Waals surface area contributed by atoms with Crippen molar-refractivity contribution in [1.29, 1.82) is 0 Å². The standard InChI is InChI=1S/C13H15BrO4/c14-7-3-4-8-18-12(15)9-10-5-1-2-6-11(10)13(16)17/h1-2,5-6H,3-4,7-9H2,(H,16,17). The van der Waals surface area contributed by atoms with E-state index in [4.69, 9.17) is 9.84 Å². The average Bonchev–Trinajstić information content (AvgIpc) is 2.35. The van der Waals surface area contributed by atoms with E-state index in [1.54, 1.807) is 18.2 Å². The molecule has 1 aromatic carbocycles. The molecule has 0 aliphatic rings. The lowest BCUT2D eigenvalue weighted by Crippen LogP contribution is -2.12. The van der Waals surface area contributed by atoms with Crippen molar-refractivity contribution in [3.63, 3.8) is 0 Å². The third-order valence-corrected chi connectivity index (χ3v) is 2.93. The Morgan fingerprint density at radius 1 is 1.22 bits per heavy atom. The van der Waals surface area contributed by atoms with E-state index in [9.17, 15) is 9.59 Å². The van der Waals surface area contributed by atoms with Crippen molar-refractivity contribution in [1.82, 2.24) is 0 Å². The van der Waals surface area contributed by atoms with Crippen molar-refractivity contribution in [2.24, 2.45) is 0 Å². The highest BCUT2D eigenvalue weighted by Gasteiger charge is 2.12. The number of aromatic carboxylic acids is 1. The number of carboxylic acid groups (broad SMARTS) is 1. The Kier molecular flexibility index (Phi) is 6.43. The third kappa shape index (κ3) is 4.87. The zero-order chi connectivity index (χ0) is 13.4. The van der Waals surface area contributed by atoms with Crippen LogP contribution in [0.1, 0.15) is 28.8 Å². The molecule has 0 aliphatic carbocycles. The van der Waals surface area contributed by atoms with E-state index in [-0.39, 0.29) is 12.0 Å². The molecule has 4 nitrogen and oxygen atoms in total. The molecule has 0 heterocycles. The topological polar surface area (TPSA) is 63.6 Å². The maximum absolute atomic E-state index is 11.5. The molecule has 0 bridgehead atoms. The monoisotopic (exact) mass is 314 g/mol. The number of halogens is 1. The van der Waals surface area contributed by atoms with Gasteiger partial charge in [-0.05, 0) is 24.5 Å². The fourth-order valence-electron chi connectivity index (χ4n) is 1.47. The van der Waals surface area contributed by atoms with E-state index in [0.717, 1.165) is 18.2 Å². The Morgan fingerprint density at radius 3 is 2.61 bits per heavy atom. The van der Waals surface area contributed by atoms with Gasteiger partial charge in [-0.2, -0.15) is 0 Å². The summed E-state index contributed by atoms with van der Waals surface area (Å²) in [6.45, 7) is 0.375. The van der Waals surface area contributed by atoms with E-state index in [0.29, 0.717) is 12.2 Å². The fourth-order valence-corrected chi connectivity index (χ4v) is 1.87. The molecular formula is C13H15BrO4. The Bertz CT molecular complexity index is 417. The highest BCUT2D eigenvalue weighted by atomic mass is 79.9. The number of hydrogen-bond donors (Lipinski definition) is 1. The maximum atomic E-state index is 11.5. The van der Waals surface area contributed by atoms with Gasteiger partial charge in [0.2, 0.25) is 0 Å². The summed E-state index contributed by atoms with van der Waals surface area (Å²) in [6.07, 6.45) is 1.74. The van der Waals surface area contributed by atoms with Gasteiger partial charge < -0.3 is 9.84 Å². The Labute approximate surface area is 114 Å². The molecule has 0 spiro atoms. The molecule has 0 radical (unpaired) electrons. The van der Waals surface area contributed by atoms with Crippen molar-refractivity contribution in [3.05, 3.63) is 35.4 Å². The Hall–Kier alpha value is -1.36. The molecule has 1 rings (SSSR count). The summed E-state index contributed by atoms with van der Waals surface area (Å²) in [5, 5.41) is 9.85. The lowest BCUT2D eigenvalue weighted by atomic mass is 10.1. The fraction of sp³-hybridized carbons (Fsp3) is 0.385. The molecular weight excluding hydrogens is 300 g/mol. The van der Waals surface area contributed by atoms with Crippen LogP contribution >= 0.6 is 15.9 Å². The van der Waals surface area contributed by atoms with E-state index in [1.807, 2.05) is 0 Å². The van der Waals surface area contributed by atoms with E-state index in [2.05, 4.69) is 15.9 Å². The minimum Gasteiger partial charge on any atom is -0.478 e. The SMILES string of the molecule is O=C(Cc1ccccc1C(=O)O)OCCCCBr. The van der Waals surface area contributed by atoms with Crippen LogP contribution in [0.2, 0.25) is 0 Å². The molecule has 0 amide bonds. The lowest BCUT2D eigenvalue weighted by Gasteiger charge is -2.06. The number of ether oxygens (including phenoxy) is 1. The summed E-state index contributed by atoms with van der Waals surface area (Å²) >= 11 is 3.29. The molecule has 5 heteroatoms. The van der Waals surface area contributed by atoms with Gasteiger partial charge in [-0.1, -0.05) is 34.1 Å². The lowest BCUT2D eigenvalue weighted by molar-refractivity contribution is -0.142. The van der Waals surface area contributed by atoms with Gasteiger partial charge in [0.05, 0.1) is 18.6 Å². The first-order valence-corrected chi connectivity index (χ1v) is 6.80. The predicted octanol–water partition coefficient (Wildman–Crippen LogP) is 2.65. The Balaban J connectivity index is 2.51. The van der Waals surface area contributed by atoms with Crippen LogP contribution in [0.25, 0.3) is 0 Å². The molecule has 1 N–H and O–H groups in total. The van der Waals surface area contributed by atoms with Crippen LogP contribution in [0.15, 0.2) is 24.3 Å². The number of unbranched alkanes of at least 4 members (excludes halogenated alkanes) is 1. The Morgan fingerprint density at radius 2 is 1.94 bits per heavy atom. The zero-order valence-electron chi connectivity index (χ0n) is 9.89. The van der Waals surface area contributed by atoms with Gasteiger partial charge in [0, 0.05) is 5.33 Å². The maximum Gasteiger partial charge on any atom is 0.335 e. The first-order chi connectivity index (χ1) is 8.65.